The van der Waals surface area contributed by atoms with Crippen molar-refractivity contribution >= 4 is 11.8 Å². The molecule has 0 aliphatic heterocycles. The highest BCUT2D eigenvalue weighted by atomic mass is 32.2. The van der Waals surface area contributed by atoms with Gasteiger partial charge in [0.15, 0.2) is 0 Å². The van der Waals surface area contributed by atoms with Crippen molar-refractivity contribution < 1.29 is 8.78 Å². The molecule has 0 fully saturated rings. The highest BCUT2D eigenvalue weighted by Gasteiger charge is 2.06. The molecule has 0 bridgehead atoms. The molecule has 0 aliphatic carbocycles. The van der Waals surface area contributed by atoms with Crippen LogP contribution in [0, 0.1) is 11.6 Å². The summed E-state index contributed by atoms with van der Waals surface area (Å²) in [6, 6.07) is 11.3. The van der Waals surface area contributed by atoms with Crippen molar-refractivity contribution in [3.05, 3.63) is 59.7 Å². The predicted molar refractivity (Wildman–Crippen MR) is 78.9 cm³/mol. The van der Waals surface area contributed by atoms with Gasteiger partial charge in [0, 0.05) is 16.3 Å². The Morgan fingerprint density at radius 3 is 2.65 bits per heavy atom. The first-order valence-corrected chi connectivity index (χ1v) is 7.43. The quantitative estimate of drug-likeness (QED) is 0.780. The first-order valence-electron chi connectivity index (χ1n) is 6.61. The van der Waals surface area contributed by atoms with Gasteiger partial charge in [0.2, 0.25) is 0 Å². The lowest BCUT2D eigenvalue weighted by Gasteiger charge is -2.07. The van der Waals surface area contributed by atoms with E-state index in [9.17, 15) is 8.78 Å². The maximum Gasteiger partial charge on any atom is 0.137 e. The molecule has 0 unspecified atom stereocenters. The van der Waals surface area contributed by atoms with E-state index in [0.29, 0.717) is 16.3 Å². The molecule has 106 valence electrons. The molecule has 0 aromatic heterocycles. The van der Waals surface area contributed by atoms with Crippen LogP contribution in [-0.4, -0.2) is 6.54 Å². The number of halogens is 2. The Morgan fingerprint density at radius 1 is 1.10 bits per heavy atom. The number of nitrogens with one attached hydrogen (secondary N) is 1. The second-order valence-electron chi connectivity index (χ2n) is 4.50. The lowest BCUT2D eigenvalue weighted by Crippen LogP contribution is -2.13. The van der Waals surface area contributed by atoms with E-state index in [4.69, 9.17) is 0 Å². The largest absolute Gasteiger partial charge is 0.313 e. The Bertz CT molecular complexity index is 572. The maximum atomic E-state index is 14.0. The molecule has 0 atom stereocenters. The van der Waals surface area contributed by atoms with Crippen LogP contribution in [0.3, 0.4) is 0 Å². The van der Waals surface area contributed by atoms with E-state index in [2.05, 4.69) is 12.2 Å². The minimum Gasteiger partial charge on any atom is -0.313 e. The fourth-order valence-corrected chi connectivity index (χ4v) is 2.67. The molecule has 2 aromatic carbocycles. The molecule has 0 saturated heterocycles. The molecule has 1 N–H and O–H groups in total. The van der Waals surface area contributed by atoms with Gasteiger partial charge in [0.25, 0.3) is 0 Å². The van der Waals surface area contributed by atoms with E-state index in [1.54, 1.807) is 18.2 Å². The van der Waals surface area contributed by atoms with Crippen LogP contribution in [0.25, 0.3) is 0 Å². The minimum absolute atomic E-state index is 0.268. The van der Waals surface area contributed by atoms with Crippen molar-refractivity contribution in [1.82, 2.24) is 5.32 Å². The Labute approximate surface area is 122 Å². The first kappa shape index (κ1) is 15.0. The summed E-state index contributed by atoms with van der Waals surface area (Å²) in [5, 5.41) is 3.23. The highest BCUT2D eigenvalue weighted by Crippen LogP contribution is 2.30. The lowest BCUT2D eigenvalue weighted by molar-refractivity contribution is 0.595. The molecule has 2 rings (SSSR count). The topological polar surface area (TPSA) is 12.0 Å². The van der Waals surface area contributed by atoms with Gasteiger partial charge < -0.3 is 5.32 Å². The van der Waals surface area contributed by atoms with Crippen molar-refractivity contribution in [3.63, 3.8) is 0 Å². The molecular weight excluding hydrogens is 276 g/mol. The zero-order valence-electron chi connectivity index (χ0n) is 11.3. The summed E-state index contributed by atoms with van der Waals surface area (Å²) in [7, 11) is 0. The maximum absolute atomic E-state index is 14.0. The molecule has 20 heavy (non-hydrogen) atoms. The summed E-state index contributed by atoms with van der Waals surface area (Å²) >= 11 is 1.23. The van der Waals surface area contributed by atoms with Crippen LogP contribution in [0.5, 0.6) is 0 Å². The highest BCUT2D eigenvalue weighted by molar-refractivity contribution is 7.99. The van der Waals surface area contributed by atoms with Crippen molar-refractivity contribution in [2.75, 3.05) is 6.54 Å². The van der Waals surface area contributed by atoms with Crippen LogP contribution in [-0.2, 0) is 6.54 Å². The van der Waals surface area contributed by atoms with Crippen LogP contribution < -0.4 is 5.32 Å². The molecule has 2 aromatic rings. The fraction of sp³-hybridized carbons (Fsp3) is 0.250. The zero-order valence-corrected chi connectivity index (χ0v) is 12.1. The van der Waals surface area contributed by atoms with Crippen molar-refractivity contribution in [3.8, 4) is 0 Å². The zero-order chi connectivity index (χ0) is 14.4. The van der Waals surface area contributed by atoms with E-state index in [1.807, 2.05) is 6.07 Å². The smallest absolute Gasteiger partial charge is 0.137 e. The first-order chi connectivity index (χ1) is 9.69. The number of rotatable bonds is 6. The van der Waals surface area contributed by atoms with Gasteiger partial charge in [-0.05, 0) is 48.9 Å². The van der Waals surface area contributed by atoms with Crippen molar-refractivity contribution in [2.24, 2.45) is 0 Å². The van der Waals surface area contributed by atoms with Crippen LogP contribution in [0.4, 0.5) is 8.78 Å². The van der Waals surface area contributed by atoms with Crippen LogP contribution in [0.1, 0.15) is 18.9 Å². The van der Waals surface area contributed by atoms with Gasteiger partial charge in [-0.2, -0.15) is 0 Å². The second kappa shape index (κ2) is 7.41. The van der Waals surface area contributed by atoms with E-state index >= 15 is 0 Å². The Balaban J connectivity index is 2.06. The Kier molecular flexibility index (Phi) is 5.56. The SMILES string of the molecule is CCCNCc1ccc(Sc2cccc(F)c2)c(F)c1. The minimum atomic E-state index is -0.309. The lowest BCUT2D eigenvalue weighted by atomic mass is 10.2. The summed E-state index contributed by atoms with van der Waals surface area (Å²) in [4.78, 5) is 1.20. The van der Waals surface area contributed by atoms with Gasteiger partial charge in [-0.1, -0.05) is 30.8 Å². The van der Waals surface area contributed by atoms with E-state index in [1.165, 1.54) is 30.0 Å². The molecule has 0 saturated carbocycles. The summed E-state index contributed by atoms with van der Waals surface area (Å²) in [6.07, 6.45) is 1.05. The third-order valence-corrected chi connectivity index (χ3v) is 3.82. The average Bonchev–Trinajstić information content (AvgIpc) is 2.42. The Hall–Kier alpha value is -1.39. The van der Waals surface area contributed by atoms with E-state index in [0.717, 1.165) is 18.5 Å². The molecular formula is C16H17F2NS. The van der Waals surface area contributed by atoms with Gasteiger partial charge in [-0.3, -0.25) is 0 Å². The monoisotopic (exact) mass is 293 g/mol. The molecule has 0 aliphatic rings. The molecule has 0 radical (unpaired) electrons. The average molecular weight is 293 g/mol. The van der Waals surface area contributed by atoms with Crippen LogP contribution in [0.2, 0.25) is 0 Å². The molecule has 0 amide bonds. The van der Waals surface area contributed by atoms with Crippen molar-refractivity contribution in [2.45, 2.75) is 29.7 Å². The standard InChI is InChI=1S/C16H17F2NS/c1-2-8-19-11-12-6-7-16(15(18)9-12)20-14-5-3-4-13(17)10-14/h3-7,9-10,19H,2,8,11H2,1H3. The summed E-state index contributed by atoms with van der Waals surface area (Å²) < 4.78 is 27.1. The molecule has 0 spiro atoms. The van der Waals surface area contributed by atoms with E-state index in [-0.39, 0.29) is 11.6 Å². The van der Waals surface area contributed by atoms with Crippen molar-refractivity contribution in [1.29, 1.82) is 0 Å². The predicted octanol–water partition coefficient (Wildman–Crippen LogP) is 4.62. The van der Waals surface area contributed by atoms with Gasteiger partial charge >= 0.3 is 0 Å². The molecule has 0 heterocycles. The molecule has 1 nitrogen and oxygen atoms in total. The number of benzene rings is 2. The van der Waals surface area contributed by atoms with E-state index < -0.39 is 0 Å². The third-order valence-electron chi connectivity index (χ3n) is 2.78. The van der Waals surface area contributed by atoms with Gasteiger partial charge in [-0.25, -0.2) is 8.78 Å². The second-order valence-corrected chi connectivity index (χ2v) is 5.62. The third kappa shape index (κ3) is 4.32. The summed E-state index contributed by atoms with van der Waals surface area (Å²) in [5.41, 5.74) is 0.916. The van der Waals surface area contributed by atoms with Crippen LogP contribution in [0.15, 0.2) is 52.3 Å². The normalized spacial score (nSPS) is 10.8. The molecule has 4 heteroatoms. The Morgan fingerprint density at radius 2 is 1.95 bits per heavy atom. The van der Waals surface area contributed by atoms with Gasteiger partial charge in [-0.15, -0.1) is 0 Å². The summed E-state index contributed by atoms with van der Waals surface area (Å²) in [5.74, 6) is -0.578. The van der Waals surface area contributed by atoms with Gasteiger partial charge in [0.1, 0.15) is 11.6 Å². The number of hydrogen-bond acceptors (Lipinski definition) is 2. The van der Waals surface area contributed by atoms with Crippen LogP contribution >= 0.6 is 11.8 Å². The van der Waals surface area contributed by atoms with Gasteiger partial charge in [0.05, 0.1) is 0 Å². The summed E-state index contributed by atoms with van der Waals surface area (Å²) in [6.45, 7) is 3.67. The number of hydrogen-bond donors (Lipinski definition) is 1. The fourth-order valence-electron chi connectivity index (χ4n) is 1.80.